The molecule has 29 heavy (non-hydrogen) atoms. The molecule has 0 spiro atoms. The molecule has 3 aromatic carbocycles. The number of nitrogens with one attached hydrogen (secondary N) is 1. The highest BCUT2D eigenvalue weighted by Gasteiger charge is 2.16. The van der Waals surface area contributed by atoms with Crippen LogP contribution in [0.25, 0.3) is 33.6 Å². The molecule has 0 aliphatic rings. The van der Waals surface area contributed by atoms with Gasteiger partial charge in [0.25, 0.3) is 5.91 Å². The predicted octanol–water partition coefficient (Wildman–Crippen LogP) is 4.32. The number of nitrogens with two attached hydrogens (primary N) is 1. The van der Waals surface area contributed by atoms with E-state index in [9.17, 15) is 18.0 Å². The molecule has 0 atom stereocenters. The maximum absolute atomic E-state index is 14.7. The summed E-state index contributed by atoms with van der Waals surface area (Å²) >= 11 is 0. The van der Waals surface area contributed by atoms with E-state index in [4.69, 9.17) is 5.73 Å². The molecule has 0 saturated carbocycles. The number of nitrogens with zero attached hydrogens (tertiary/aromatic N) is 2. The van der Waals surface area contributed by atoms with Crippen LogP contribution < -0.4 is 5.73 Å². The predicted molar refractivity (Wildman–Crippen MR) is 101 cm³/mol. The van der Waals surface area contributed by atoms with Crippen LogP contribution in [0.4, 0.5) is 13.2 Å². The average Bonchev–Trinajstić information content (AvgIpc) is 3.18. The summed E-state index contributed by atoms with van der Waals surface area (Å²) in [6.45, 7) is 0. The second-order valence-corrected chi connectivity index (χ2v) is 6.27. The van der Waals surface area contributed by atoms with Gasteiger partial charge in [0.2, 0.25) is 5.82 Å². The lowest BCUT2D eigenvalue weighted by atomic mass is 9.93. The van der Waals surface area contributed by atoms with E-state index in [-0.39, 0.29) is 22.8 Å². The van der Waals surface area contributed by atoms with Crippen molar-refractivity contribution in [1.82, 2.24) is 15.2 Å². The summed E-state index contributed by atoms with van der Waals surface area (Å²) in [6, 6.07) is 14.0. The first-order chi connectivity index (χ1) is 13.9. The van der Waals surface area contributed by atoms with Crippen molar-refractivity contribution >= 4 is 5.91 Å². The quantitative estimate of drug-likeness (QED) is 0.541. The number of rotatable bonds is 4. The molecule has 3 N–H and O–H groups in total. The lowest BCUT2D eigenvalue weighted by molar-refractivity contribution is 0.0991. The van der Waals surface area contributed by atoms with E-state index < -0.39 is 23.4 Å². The van der Waals surface area contributed by atoms with Crippen LogP contribution in [0.2, 0.25) is 0 Å². The average molecular weight is 394 g/mol. The summed E-state index contributed by atoms with van der Waals surface area (Å²) in [5.74, 6) is -2.74. The fourth-order valence-electron chi connectivity index (χ4n) is 3.05. The standard InChI is InChI=1S/C21H13F3N4O/c22-13-7-12(8-14(23)10-13)15-3-1-2-4-16(15)17-9-11(5-6-18(17)24)20-26-21(19(25)29)28-27-20/h1-10H,(H2,25,29)(H,26,27,28). The maximum atomic E-state index is 14.7. The largest absolute Gasteiger partial charge is 0.363 e. The van der Waals surface area contributed by atoms with Crippen LogP contribution in [0.15, 0.2) is 60.7 Å². The van der Waals surface area contributed by atoms with Gasteiger partial charge in [0.15, 0.2) is 5.82 Å². The molecule has 0 fully saturated rings. The first-order valence-electron chi connectivity index (χ1n) is 8.50. The molecular weight excluding hydrogens is 381 g/mol. The monoisotopic (exact) mass is 394 g/mol. The van der Waals surface area contributed by atoms with Crippen LogP contribution in [0.1, 0.15) is 10.6 Å². The molecule has 144 valence electrons. The minimum atomic E-state index is -0.774. The van der Waals surface area contributed by atoms with Crippen LogP contribution >= 0.6 is 0 Å². The number of carbonyl (C=O) groups excluding carboxylic acids is 1. The number of benzene rings is 3. The minimum absolute atomic E-state index is 0.124. The normalized spacial score (nSPS) is 10.9. The Morgan fingerprint density at radius 2 is 1.52 bits per heavy atom. The van der Waals surface area contributed by atoms with Crippen molar-refractivity contribution < 1.29 is 18.0 Å². The zero-order chi connectivity index (χ0) is 20.5. The Morgan fingerprint density at radius 3 is 2.17 bits per heavy atom. The molecule has 0 aliphatic carbocycles. The number of primary amides is 1. The summed E-state index contributed by atoms with van der Waals surface area (Å²) in [4.78, 5) is 15.2. The third kappa shape index (κ3) is 3.60. The summed E-state index contributed by atoms with van der Waals surface area (Å²) in [5.41, 5.74) is 6.95. The van der Waals surface area contributed by atoms with Crippen LogP contribution in [-0.4, -0.2) is 21.1 Å². The zero-order valence-electron chi connectivity index (χ0n) is 14.8. The van der Waals surface area contributed by atoms with E-state index in [1.165, 1.54) is 30.3 Å². The highest BCUT2D eigenvalue weighted by Crippen LogP contribution is 2.35. The second kappa shape index (κ2) is 7.23. The fraction of sp³-hybridized carbons (Fsp3) is 0. The molecule has 5 nitrogen and oxygen atoms in total. The second-order valence-electron chi connectivity index (χ2n) is 6.27. The molecule has 0 bridgehead atoms. The molecule has 1 aromatic heterocycles. The first kappa shape index (κ1) is 18.4. The van der Waals surface area contributed by atoms with Crippen LogP contribution in [0.3, 0.4) is 0 Å². The summed E-state index contributed by atoms with van der Waals surface area (Å²) in [7, 11) is 0. The van der Waals surface area contributed by atoms with E-state index in [0.29, 0.717) is 16.7 Å². The fourth-order valence-corrected chi connectivity index (χ4v) is 3.05. The molecule has 1 heterocycles. The van der Waals surface area contributed by atoms with Gasteiger partial charge in [-0.25, -0.2) is 18.2 Å². The van der Waals surface area contributed by atoms with Gasteiger partial charge in [-0.15, -0.1) is 0 Å². The van der Waals surface area contributed by atoms with Crippen LogP contribution in [0, 0.1) is 17.5 Å². The topological polar surface area (TPSA) is 84.7 Å². The van der Waals surface area contributed by atoms with Crippen molar-refractivity contribution in [3.05, 3.63) is 83.9 Å². The number of hydrogen-bond acceptors (Lipinski definition) is 3. The highest BCUT2D eigenvalue weighted by atomic mass is 19.1. The number of hydrogen-bond donors (Lipinski definition) is 2. The Morgan fingerprint density at radius 1 is 0.828 bits per heavy atom. The van der Waals surface area contributed by atoms with Gasteiger partial charge in [0.05, 0.1) is 0 Å². The Kier molecular flexibility index (Phi) is 4.59. The van der Waals surface area contributed by atoms with Crippen molar-refractivity contribution in [2.45, 2.75) is 0 Å². The van der Waals surface area contributed by atoms with Gasteiger partial charge in [-0.3, -0.25) is 9.89 Å². The Hall–Kier alpha value is -3.94. The van der Waals surface area contributed by atoms with Gasteiger partial charge in [-0.05, 0) is 47.0 Å². The third-order valence-corrected chi connectivity index (χ3v) is 4.33. The Labute approximate surface area is 163 Å². The number of aromatic nitrogens is 3. The van der Waals surface area contributed by atoms with Gasteiger partial charge in [-0.1, -0.05) is 24.3 Å². The molecule has 1 amide bonds. The lowest BCUT2D eigenvalue weighted by Crippen LogP contribution is -2.12. The number of halogens is 3. The van der Waals surface area contributed by atoms with Crippen molar-refractivity contribution in [3.63, 3.8) is 0 Å². The van der Waals surface area contributed by atoms with Gasteiger partial charge in [-0.2, -0.15) is 5.10 Å². The molecular formula is C21H13F3N4O. The summed E-state index contributed by atoms with van der Waals surface area (Å²) in [5, 5.41) is 6.33. The molecule has 4 rings (SSSR count). The Bertz CT molecular complexity index is 1220. The van der Waals surface area contributed by atoms with E-state index in [0.717, 1.165) is 6.07 Å². The van der Waals surface area contributed by atoms with E-state index >= 15 is 0 Å². The zero-order valence-corrected chi connectivity index (χ0v) is 14.8. The van der Waals surface area contributed by atoms with E-state index in [1.807, 2.05) is 0 Å². The van der Waals surface area contributed by atoms with Gasteiger partial charge in [0.1, 0.15) is 17.5 Å². The molecule has 0 saturated heterocycles. The maximum Gasteiger partial charge on any atom is 0.286 e. The number of aromatic amines is 1. The molecule has 4 aromatic rings. The third-order valence-electron chi connectivity index (χ3n) is 4.33. The smallest absolute Gasteiger partial charge is 0.286 e. The molecule has 0 unspecified atom stereocenters. The van der Waals surface area contributed by atoms with Crippen molar-refractivity contribution in [1.29, 1.82) is 0 Å². The van der Waals surface area contributed by atoms with Crippen molar-refractivity contribution in [3.8, 4) is 33.6 Å². The molecule has 0 aliphatic heterocycles. The van der Waals surface area contributed by atoms with Gasteiger partial charge >= 0.3 is 0 Å². The number of H-pyrrole nitrogens is 1. The Balaban J connectivity index is 1.86. The van der Waals surface area contributed by atoms with E-state index in [2.05, 4.69) is 15.2 Å². The molecule has 0 radical (unpaired) electrons. The SMILES string of the molecule is NC(=O)c1nc(-c2ccc(F)c(-c3ccccc3-c3cc(F)cc(F)c3)c2)n[nH]1. The van der Waals surface area contributed by atoms with Gasteiger partial charge < -0.3 is 5.73 Å². The van der Waals surface area contributed by atoms with Crippen molar-refractivity contribution in [2.75, 3.05) is 0 Å². The number of carbonyl (C=O) groups is 1. The lowest BCUT2D eigenvalue weighted by Gasteiger charge is -2.12. The van der Waals surface area contributed by atoms with Gasteiger partial charge in [0, 0.05) is 17.2 Å². The number of amides is 1. The summed E-state index contributed by atoms with van der Waals surface area (Å²) < 4.78 is 42.1. The van der Waals surface area contributed by atoms with Crippen LogP contribution in [-0.2, 0) is 0 Å². The minimum Gasteiger partial charge on any atom is -0.363 e. The first-order valence-corrected chi connectivity index (χ1v) is 8.50. The highest BCUT2D eigenvalue weighted by molar-refractivity contribution is 5.89. The summed E-state index contributed by atoms with van der Waals surface area (Å²) in [6.07, 6.45) is 0. The van der Waals surface area contributed by atoms with Crippen molar-refractivity contribution in [2.24, 2.45) is 5.73 Å². The van der Waals surface area contributed by atoms with Crippen LogP contribution in [0.5, 0.6) is 0 Å². The van der Waals surface area contributed by atoms with E-state index in [1.54, 1.807) is 24.3 Å². The molecule has 8 heteroatoms.